The number of carbonyl (C=O) groups is 1. The summed E-state index contributed by atoms with van der Waals surface area (Å²) in [6, 6.07) is -0.172. The summed E-state index contributed by atoms with van der Waals surface area (Å²) in [6.07, 6.45) is -0.0525. The van der Waals surface area contributed by atoms with E-state index in [1.165, 1.54) is 11.6 Å². The zero-order chi connectivity index (χ0) is 15.4. The second-order valence-electron chi connectivity index (χ2n) is 4.99. The summed E-state index contributed by atoms with van der Waals surface area (Å²) in [5.41, 5.74) is 0.581. The van der Waals surface area contributed by atoms with Crippen LogP contribution in [0.4, 0.5) is 5.69 Å². The van der Waals surface area contributed by atoms with Crippen molar-refractivity contribution in [3.05, 3.63) is 21.5 Å². The topological polar surface area (TPSA) is 110 Å². The predicted octanol–water partition coefficient (Wildman–Crippen LogP) is 0.684. The highest BCUT2D eigenvalue weighted by Crippen LogP contribution is 2.21. The van der Waals surface area contributed by atoms with Gasteiger partial charge in [0, 0.05) is 6.04 Å². The maximum absolute atomic E-state index is 11.8. The van der Waals surface area contributed by atoms with Crippen LogP contribution in [0.2, 0.25) is 0 Å². The highest BCUT2D eigenvalue weighted by Gasteiger charge is 2.23. The lowest BCUT2D eigenvalue weighted by Gasteiger charge is -2.15. The van der Waals surface area contributed by atoms with Gasteiger partial charge in [-0.3, -0.25) is 19.6 Å². The number of hydrogen-bond acceptors (Lipinski definition) is 5. The van der Waals surface area contributed by atoms with Crippen LogP contribution in [0.5, 0.6) is 0 Å². The fourth-order valence-corrected chi connectivity index (χ4v) is 2.13. The van der Waals surface area contributed by atoms with Crippen molar-refractivity contribution < 1.29 is 14.8 Å². The molecule has 1 aromatic heterocycles. The summed E-state index contributed by atoms with van der Waals surface area (Å²) in [5, 5.41) is 26.8. The van der Waals surface area contributed by atoms with Crippen molar-refractivity contribution in [1.29, 1.82) is 0 Å². The fourth-order valence-electron chi connectivity index (χ4n) is 2.13. The van der Waals surface area contributed by atoms with Gasteiger partial charge in [0.15, 0.2) is 0 Å². The lowest BCUT2D eigenvalue weighted by Crippen LogP contribution is -2.37. The van der Waals surface area contributed by atoms with E-state index in [2.05, 4.69) is 10.4 Å². The maximum atomic E-state index is 11.8. The van der Waals surface area contributed by atoms with Crippen LogP contribution in [-0.4, -0.2) is 37.9 Å². The summed E-state index contributed by atoms with van der Waals surface area (Å²) in [6.45, 7) is 6.45. The van der Waals surface area contributed by atoms with Gasteiger partial charge < -0.3 is 10.4 Å². The number of aromatic nitrogens is 2. The second-order valence-corrected chi connectivity index (χ2v) is 4.99. The van der Waals surface area contributed by atoms with Gasteiger partial charge in [-0.2, -0.15) is 5.10 Å². The molecule has 0 radical (unpaired) electrons. The fraction of sp³-hybridized carbons (Fsp3) is 0.667. The number of rotatable bonds is 6. The monoisotopic (exact) mass is 284 g/mol. The van der Waals surface area contributed by atoms with E-state index in [9.17, 15) is 20.0 Å². The number of nitrogens with zero attached hydrogens (tertiary/aromatic N) is 3. The third-order valence-corrected chi connectivity index (χ3v) is 2.92. The van der Waals surface area contributed by atoms with E-state index in [1.807, 2.05) is 0 Å². The molecule has 0 bridgehead atoms. The number of nitro groups is 1. The molecule has 0 spiro atoms. The zero-order valence-corrected chi connectivity index (χ0v) is 12.1. The summed E-state index contributed by atoms with van der Waals surface area (Å²) in [5.74, 6) is -0.293. The third kappa shape index (κ3) is 4.02. The summed E-state index contributed by atoms with van der Waals surface area (Å²) in [4.78, 5) is 22.2. The first kappa shape index (κ1) is 16.1. The quantitative estimate of drug-likeness (QED) is 0.589. The number of aliphatic hydroxyl groups is 1. The molecule has 20 heavy (non-hydrogen) atoms. The first-order valence-corrected chi connectivity index (χ1v) is 6.38. The van der Waals surface area contributed by atoms with Gasteiger partial charge in [0.25, 0.3) is 0 Å². The molecule has 0 saturated carbocycles. The van der Waals surface area contributed by atoms with Crippen molar-refractivity contribution in [3.8, 4) is 0 Å². The van der Waals surface area contributed by atoms with E-state index in [-0.39, 0.29) is 29.9 Å². The molecule has 0 aromatic carbocycles. The molecule has 0 fully saturated rings. The highest BCUT2D eigenvalue weighted by molar-refractivity contribution is 5.76. The van der Waals surface area contributed by atoms with Crippen molar-refractivity contribution in [1.82, 2.24) is 15.1 Å². The predicted molar refractivity (Wildman–Crippen MR) is 72.3 cm³/mol. The van der Waals surface area contributed by atoms with E-state index < -0.39 is 11.0 Å². The molecular weight excluding hydrogens is 264 g/mol. The lowest BCUT2D eigenvalue weighted by molar-refractivity contribution is -0.386. The van der Waals surface area contributed by atoms with Gasteiger partial charge in [0.1, 0.15) is 17.9 Å². The minimum atomic E-state index is -0.500. The average molecular weight is 284 g/mol. The Morgan fingerprint density at radius 3 is 2.55 bits per heavy atom. The standard InChI is InChI=1S/C12H20N4O4/c1-7(5-8(2)17)13-11(18)6-15-10(4)12(16(19)20)9(3)14-15/h7-8,17H,5-6H2,1-4H3,(H,13,18). The molecule has 8 nitrogen and oxygen atoms in total. The smallest absolute Gasteiger partial charge is 0.312 e. The van der Waals surface area contributed by atoms with Crippen molar-refractivity contribution in [2.45, 2.75) is 52.8 Å². The van der Waals surface area contributed by atoms with Crippen molar-refractivity contribution in [2.75, 3.05) is 0 Å². The Morgan fingerprint density at radius 1 is 1.50 bits per heavy atom. The number of amides is 1. The number of carbonyl (C=O) groups excluding carboxylic acids is 1. The van der Waals surface area contributed by atoms with Crippen LogP contribution < -0.4 is 5.32 Å². The molecule has 1 heterocycles. The van der Waals surface area contributed by atoms with Crippen molar-refractivity contribution in [2.24, 2.45) is 0 Å². The van der Waals surface area contributed by atoms with E-state index in [1.54, 1.807) is 20.8 Å². The lowest BCUT2D eigenvalue weighted by atomic mass is 10.1. The Bertz CT molecular complexity index is 510. The molecule has 0 saturated heterocycles. The van der Waals surface area contributed by atoms with E-state index in [0.29, 0.717) is 12.1 Å². The molecule has 2 atom stereocenters. The van der Waals surface area contributed by atoms with Gasteiger partial charge in [-0.15, -0.1) is 0 Å². The Balaban J connectivity index is 2.72. The summed E-state index contributed by atoms with van der Waals surface area (Å²) in [7, 11) is 0. The molecule has 1 amide bonds. The summed E-state index contributed by atoms with van der Waals surface area (Å²) >= 11 is 0. The van der Waals surface area contributed by atoms with Crippen molar-refractivity contribution in [3.63, 3.8) is 0 Å². The number of aryl methyl sites for hydroxylation is 1. The zero-order valence-electron chi connectivity index (χ0n) is 12.1. The van der Waals surface area contributed by atoms with Gasteiger partial charge in [0.05, 0.1) is 11.0 Å². The Morgan fingerprint density at radius 2 is 2.10 bits per heavy atom. The maximum Gasteiger partial charge on any atom is 0.312 e. The van der Waals surface area contributed by atoms with Crippen LogP contribution in [0.15, 0.2) is 0 Å². The van der Waals surface area contributed by atoms with Crippen LogP contribution in [-0.2, 0) is 11.3 Å². The molecule has 0 aliphatic carbocycles. The van der Waals surface area contributed by atoms with Gasteiger partial charge >= 0.3 is 5.69 Å². The minimum absolute atomic E-state index is 0.0603. The van der Waals surface area contributed by atoms with Gasteiger partial charge in [-0.25, -0.2) is 0 Å². The Labute approximate surface area is 116 Å². The van der Waals surface area contributed by atoms with Crippen molar-refractivity contribution >= 4 is 11.6 Å². The van der Waals surface area contributed by atoms with Crippen LogP contribution >= 0.6 is 0 Å². The molecule has 0 aliphatic heterocycles. The number of hydrogen-bond donors (Lipinski definition) is 2. The normalized spacial score (nSPS) is 13.8. The van der Waals surface area contributed by atoms with Crippen LogP contribution in [0.25, 0.3) is 0 Å². The largest absolute Gasteiger partial charge is 0.393 e. The molecule has 1 aromatic rings. The van der Waals surface area contributed by atoms with Gasteiger partial charge in [-0.1, -0.05) is 0 Å². The number of aliphatic hydroxyl groups excluding tert-OH is 1. The Kier molecular flexibility index (Phi) is 5.20. The molecule has 112 valence electrons. The molecule has 2 unspecified atom stereocenters. The van der Waals surface area contributed by atoms with E-state index in [4.69, 9.17) is 0 Å². The van der Waals surface area contributed by atoms with Crippen LogP contribution in [0.3, 0.4) is 0 Å². The van der Waals surface area contributed by atoms with Crippen LogP contribution in [0, 0.1) is 24.0 Å². The van der Waals surface area contributed by atoms with Crippen LogP contribution in [0.1, 0.15) is 31.7 Å². The third-order valence-electron chi connectivity index (χ3n) is 2.92. The highest BCUT2D eigenvalue weighted by atomic mass is 16.6. The molecule has 0 aliphatic rings. The number of nitrogens with one attached hydrogen (secondary N) is 1. The SMILES string of the molecule is Cc1nn(CC(=O)NC(C)CC(C)O)c(C)c1[N+](=O)[O-]. The van der Waals surface area contributed by atoms with E-state index in [0.717, 1.165) is 0 Å². The van der Waals surface area contributed by atoms with Gasteiger partial charge in [0.2, 0.25) is 5.91 Å². The average Bonchev–Trinajstić information content (AvgIpc) is 2.51. The first-order valence-electron chi connectivity index (χ1n) is 6.38. The molecule has 1 rings (SSSR count). The van der Waals surface area contributed by atoms with E-state index >= 15 is 0 Å². The minimum Gasteiger partial charge on any atom is -0.393 e. The first-order chi connectivity index (χ1) is 9.22. The Hall–Kier alpha value is -1.96. The summed E-state index contributed by atoms with van der Waals surface area (Å²) < 4.78 is 1.32. The van der Waals surface area contributed by atoms with Gasteiger partial charge in [-0.05, 0) is 34.1 Å². The molecule has 8 heteroatoms. The second kappa shape index (κ2) is 6.47. The molecular formula is C12H20N4O4. The molecule has 2 N–H and O–H groups in total.